The second-order valence-corrected chi connectivity index (χ2v) is 7.57. The Kier molecular flexibility index (Phi) is 4.12. The Balaban J connectivity index is 2.09. The van der Waals surface area contributed by atoms with Gasteiger partial charge < -0.3 is 0 Å². The van der Waals surface area contributed by atoms with Crippen LogP contribution in [-0.4, -0.2) is 24.4 Å². The summed E-state index contributed by atoms with van der Waals surface area (Å²) >= 11 is 6.14. The number of rotatable bonds is 2. The van der Waals surface area contributed by atoms with Gasteiger partial charge in [0.05, 0.1) is 21.2 Å². The van der Waals surface area contributed by atoms with Gasteiger partial charge in [0.1, 0.15) is 5.69 Å². The summed E-state index contributed by atoms with van der Waals surface area (Å²) in [6, 6.07) is 12.7. The van der Waals surface area contributed by atoms with Crippen molar-refractivity contribution in [3.63, 3.8) is 0 Å². The lowest BCUT2D eigenvalue weighted by atomic mass is 10.2. The van der Waals surface area contributed by atoms with E-state index in [9.17, 15) is 8.42 Å². The largest absolute Gasteiger partial charge is 0.277 e. The molecule has 0 aliphatic carbocycles. The molecule has 0 saturated carbocycles. The van der Waals surface area contributed by atoms with Crippen molar-refractivity contribution in [1.82, 2.24) is 10.2 Å². The summed E-state index contributed by atoms with van der Waals surface area (Å²) in [6.07, 6.45) is 0. The minimum absolute atomic E-state index is 0.00691. The number of fused-ring (bicyclic) bond motifs is 1. The van der Waals surface area contributed by atoms with Gasteiger partial charge in [-0.1, -0.05) is 42.6 Å². The molecule has 0 bridgehead atoms. The molecular weight excluding hydrogens is 332 g/mol. The number of nitrogens with zero attached hydrogens (tertiary/aromatic N) is 1. The highest BCUT2D eigenvalue weighted by atomic mass is 35.5. The Morgan fingerprint density at radius 2 is 1.91 bits per heavy atom. The predicted octanol–water partition coefficient (Wildman–Crippen LogP) is 3.41. The van der Waals surface area contributed by atoms with Gasteiger partial charge in [-0.2, -0.15) is 5.10 Å². The highest BCUT2D eigenvalue weighted by Crippen LogP contribution is 2.28. The number of H-pyrrole nitrogens is 1. The van der Waals surface area contributed by atoms with Crippen LogP contribution < -0.4 is 0 Å². The van der Waals surface area contributed by atoms with Gasteiger partial charge in [-0.15, -0.1) is 0 Å². The maximum atomic E-state index is 12.0. The second-order valence-electron chi connectivity index (χ2n) is 4.92. The molecule has 0 radical (unpaired) electrons. The van der Waals surface area contributed by atoms with Crippen molar-refractivity contribution in [2.45, 2.75) is 11.8 Å². The molecule has 0 saturated heterocycles. The number of sulfone groups is 1. The molecule has 0 aliphatic heterocycles. The van der Waals surface area contributed by atoms with Crippen LogP contribution in [0.1, 0.15) is 18.2 Å². The van der Waals surface area contributed by atoms with Crippen LogP contribution in [0.15, 0.2) is 47.4 Å². The fraction of sp³-hybridized carbons (Fsp3) is 0.118. The van der Waals surface area contributed by atoms with Crippen molar-refractivity contribution in [2.24, 2.45) is 0 Å². The third-order valence-electron chi connectivity index (χ3n) is 3.43. The zero-order chi connectivity index (χ0) is 16.4. The first-order valence-electron chi connectivity index (χ1n) is 6.98. The zero-order valence-corrected chi connectivity index (χ0v) is 13.9. The normalized spacial score (nSPS) is 11.2. The van der Waals surface area contributed by atoms with Crippen molar-refractivity contribution in [3.8, 4) is 11.8 Å². The first kappa shape index (κ1) is 15.6. The molecule has 0 aliphatic rings. The van der Waals surface area contributed by atoms with Crippen LogP contribution in [0.2, 0.25) is 5.02 Å². The summed E-state index contributed by atoms with van der Waals surface area (Å²) < 4.78 is 24.1. The monoisotopic (exact) mass is 344 g/mol. The minimum atomic E-state index is -3.38. The average Bonchev–Trinajstić information content (AvgIpc) is 2.95. The van der Waals surface area contributed by atoms with Gasteiger partial charge in [0, 0.05) is 10.9 Å². The van der Waals surface area contributed by atoms with E-state index in [1.807, 2.05) is 30.3 Å². The first-order valence-corrected chi connectivity index (χ1v) is 9.02. The molecule has 116 valence electrons. The lowest BCUT2D eigenvalue weighted by molar-refractivity contribution is 0.597. The molecule has 3 aromatic rings. The van der Waals surface area contributed by atoms with Gasteiger partial charge in [0.2, 0.25) is 0 Å². The number of aromatic nitrogens is 2. The van der Waals surface area contributed by atoms with Crippen LogP contribution in [0, 0.1) is 11.8 Å². The molecule has 0 spiro atoms. The molecule has 1 heterocycles. The van der Waals surface area contributed by atoms with Crippen LogP contribution in [0.4, 0.5) is 0 Å². The van der Waals surface area contributed by atoms with Crippen molar-refractivity contribution >= 4 is 32.3 Å². The fourth-order valence-electron chi connectivity index (χ4n) is 2.16. The van der Waals surface area contributed by atoms with Crippen LogP contribution in [0.25, 0.3) is 10.9 Å². The summed E-state index contributed by atoms with van der Waals surface area (Å²) in [4.78, 5) is 0.111. The number of benzene rings is 2. The molecule has 6 heteroatoms. The van der Waals surface area contributed by atoms with Crippen molar-refractivity contribution in [3.05, 3.63) is 58.7 Å². The highest BCUT2D eigenvalue weighted by Gasteiger charge is 2.18. The van der Waals surface area contributed by atoms with Crippen LogP contribution >= 0.6 is 11.6 Å². The number of hydrogen-bond acceptors (Lipinski definition) is 3. The molecule has 0 amide bonds. The molecule has 3 rings (SSSR count). The minimum Gasteiger partial charge on any atom is -0.277 e. The molecule has 4 nitrogen and oxygen atoms in total. The third kappa shape index (κ3) is 3.09. The number of nitrogens with one attached hydrogen (secondary N) is 1. The van der Waals surface area contributed by atoms with E-state index in [0.717, 1.165) is 5.56 Å². The highest BCUT2D eigenvalue weighted by molar-refractivity contribution is 7.91. The standard InChI is InChI=1S/C17H13ClN2O2S/c1-2-23(21,22)17-11-16-13(10-14(17)18)15(19-20-16)9-8-12-6-4-3-5-7-12/h3-7,10-11H,2H2,1H3,(H,19,20). The van der Waals surface area contributed by atoms with Crippen molar-refractivity contribution < 1.29 is 8.42 Å². The van der Waals surface area contributed by atoms with Gasteiger partial charge in [-0.25, -0.2) is 8.42 Å². The van der Waals surface area contributed by atoms with Crippen LogP contribution in [0.5, 0.6) is 0 Å². The Morgan fingerprint density at radius 1 is 1.17 bits per heavy atom. The first-order chi connectivity index (χ1) is 11.0. The Morgan fingerprint density at radius 3 is 2.61 bits per heavy atom. The molecule has 1 N–H and O–H groups in total. The molecule has 2 aromatic carbocycles. The van der Waals surface area contributed by atoms with Gasteiger partial charge in [-0.3, -0.25) is 5.10 Å². The fourth-order valence-corrected chi connectivity index (χ4v) is 3.64. The molecular formula is C17H13ClN2O2S. The van der Waals surface area contributed by atoms with E-state index in [0.29, 0.717) is 16.6 Å². The molecule has 0 fully saturated rings. The molecule has 1 aromatic heterocycles. The Bertz CT molecular complexity index is 1030. The topological polar surface area (TPSA) is 62.8 Å². The maximum absolute atomic E-state index is 12.0. The van der Waals surface area contributed by atoms with E-state index in [2.05, 4.69) is 22.0 Å². The third-order valence-corrected chi connectivity index (χ3v) is 5.62. The maximum Gasteiger partial charge on any atom is 0.179 e. The van der Waals surface area contributed by atoms with Crippen molar-refractivity contribution in [1.29, 1.82) is 0 Å². The summed E-state index contributed by atoms with van der Waals surface area (Å²) in [5, 5.41) is 7.85. The lowest BCUT2D eigenvalue weighted by Gasteiger charge is -2.04. The summed E-state index contributed by atoms with van der Waals surface area (Å²) in [6.45, 7) is 1.58. The van der Waals surface area contributed by atoms with E-state index < -0.39 is 9.84 Å². The smallest absolute Gasteiger partial charge is 0.179 e. The van der Waals surface area contributed by atoms with E-state index >= 15 is 0 Å². The molecule has 0 unspecified atom stereocenters. The quantitative estimate of drug-likeness (QED) is 0.725. The number of aromatic amines is 1. The van der Waals surface area contributed by atoms with Gasteiger partial charge in [-0.05, 0) is 30.2 Å². The summed E-state index contributed by atoms with van der Waals surface area (Å²) in [5.74, 6) is 6.00. The number of hydrogen-bond donors (Lipinski definition) is 1. The SMILES string of the molecule is CCS(=O)(=O)c1cc2[nH]nc(C#Cc3ccccc3)c2cc1Cl. The Labute approximate surface area is 139 Å². The van der Waals surface area contributed by atoms with E-state index in [-0.39, 0.29) is 15.7 Å². The second kappa shape index (κ2) is 6.07. The summed E-state index contributed by atoms with van der Waals surface area (Å²) in [7, 11) is -3.38. The zero-order valence-electron chi connectivity index (χ0n) is 12.3. The van der Waals surface area contributed by atoms with Gasteiger partial charge >= 0.3 is 0 Å². The van der Waals surface area contributed by atoms with Crippen LogP contribution in [0.3, 0.4) is 0 Å². The van der Waals surface area contributed by atoms with E-state index in [1.54, 1.807) is 13.0 Å². The van der Waals surface area contributed by atoms with E-state index in [4.69, 9.17) is 11.6 Å². The van der Waals surface area contributed by atoms with Crippen molar-refractivity contribution in [2.75, 3.05) is 5.75 Å². The molecule has 0 atom stereocenters. The van der Waals surface area contributed by atoms with Gasteiger partial charge in [0.15, 0.2) is 9.84 Å². The van der Waals surface area contributed by atoms with Gasteiger partial charge in [0.25, 0.3) is 0 Å². The average molecular weight is 345 g/mol. The summed E-state index contributed by atoms with van der Waals surface area (Å²) in [5.41, 5.74) is 2.00. The number of halogens is 1. The Hall–Kier alpha value is -2.29. The van der Waals surface area contributed by atoms with E-state index in [1.165, 1.54) is 6.07 Å². The lowest BCUT2D eigenvalue weighted by Crippen LogP contribution is -2.04. The predicted molar refractivity (Wildman–Crippen MR) is 91.3 cm³/mol. The van der Waals surface area contributed by atoms with Crippen LogP contribution in [-0.2, 0) is 9.84 Å². The molecule has 23 heavy (non-hydrogen) atoms.